The molecule has 0 aromatic rings. The van der Waals surface area contributed by atoms with Gasteiger partial charge in [-0.25, -0.2) is 0 Å². The lowest BCUT2D eigenvalue weighted by Gasteiger charge is -2.41. The van der Waals surface area contributed by atoms with E-state index < -0.39 is 0 Å². The lowest BCUT2D eigenvalue weighted by Crippen LogP contribution is -2.62. The van der Waals surface area contributed by atoms with E-state index in [4.69, 9.17) is 0 Å². The number of carbonyl (C=O) groups is 1. The first-order valence-corrected chi connectivity index (χ1v) is 12.8. The van der Waals surface area contributed by atoms with Crippen LogP contribution in [0.1, 0.15) is 118 Å². The number of quaternary nitrogens is 1. The largest absolute Gasteiger partial charge is 0.338 e. The normalized spacial score (nSPS) is 21.8. The van der Waals surface area contributed by atoms with Crippen molar-refractivity contribution in [2.45, 2.75) is 130 Å². The van der Waals surface area contributed by atoms with E-state index in [1.54, 1.807) is 6.92 Å². The van der Waals surface area contributed by atoms with Crippen LogP contribution >= 0.6 is 0 Å². The Morgan fingerprint density at radius 1 is 0.967 bits per heavy atom. The van der Waals surface area contributed by atoms with Crippen LogP contribution in [0.25, 0.3) is 0 Å². The molecule has 174 valence electrons. The summed E-state index contributed by atoms with van der Waals surface area (Å²) < 4.78 is 0.804. The maximum atomic E-state index is 11.5. The molecular formula is C26H50N3O+. The van der Waals surface area contributed by atoms with Gasteiger partial charge >= 0.3 is 0 Å². The van der Waals surface area contributed by atoms with Crippen LogP contribution in [-0.2, 0) is 4.79 Å². The van der Waals surface area contributed by atoms with Crippen LogP contribution in [0.2, 0.25) is 0 Å². The van der Waals surface area contributed by atoms with Gasteiger partial charge in [0, 0.05) is 20.3 Å². The highest BCUT2D eigenvalue weighted by Crippen LogP contribution is 2.26. The van der Waals surface area contributed by atoms with Crippen molar-refractivity contribution in [1.29, 1.82) is 0 Å². The highest BCUT2D eigenvalue weighted by Gasteiger charge is 2.41. The van der Waals surface area contributed by atoms with Crippen LogP contribution in [0.3, 0.4) is 0 Å². The molecule has 0 radical (unpaired) electrons. The lowest BCUT2D eigenvalue weighted by atomic mass is 10.1. The molecule has 0 fully saturated rings. The van der Waals surface area contributed by atoms with E-state index in [2.05, 4.69) is 56.0 Å². The van der Waals surface area contributed by atoms with Crippen LogP contribution in [0.15, 0.2) is 24.6 Å². The molecule has 3 atom stereocenters. The fraction of sp³-hybridized carbons (Fsp3) is 0.808. The highest BCUT2D eigenvalue weighted by atomic mass is 16.1. The third-order valence-corrected chi connectivity index (χ3v) is 6.64. The number of amides is 1. The van der Waals surface area contributed by atoms with E-state index in [0.29, 0.717) is 6.17 Å². The molecule has 0 bridgehead atoms. The molecule has 1 amide bonds. The van der Waals surface area contributed by atoms with Gasteiger partial charge in [0.05, 0.1) is 12.7 Å². The number of unbranched alkanes of at least 4 members (excludes halogenated alkanes) is 11. The van der Waals surface area contributed by atoms with Crippen molar-refractivity contribution >= 4 is 5.91 Å². The number of nitrogens with zero attached hydrogens (tertiary/aromatic N) is 1. The number of hydrogen-bond donors (Lipinski definition) is 2. The van der Waals surface area contributed by atoms with Crippen LogP contribution in [0, 0.1) is 0 Å². The van der Waals surface area contributed by atoms with Gasteiger partial charge in [0.2, 0.25) is 5.91 Å². The Hall–Kier alpha value is -1.29. The standard InChI is InChI=1S/C26H49N3O/c1-5-7-8-9-10-11-12-13-14-15-16-17-18-19-20-21-26-27-22-23-29(26,6-2)24(3)28-25(4)30/h15-16,22-24,26-27H,5-14,17-21H2,1-4H3/p+1/b16-15+. The summed E-state index contributed by atoms with van der Waals surface area (Å²) in [6, 6.07) is 0. The second-order valence-electron chi connectivity index (χ2n) is 9.06. The van der Waals surface area contributed by atoms with Gasteiger partial charge in [-0.3, -0.25) is 9.28 Å². The Labute approximate surface area is 187 Å². The van der Waals surface area contributed by atoms with Gasteiger partial charge in [-0.2, -0.15) is 0 Å². The molecular weight excluding hydrogens is 370 g/mol. The molecule has 2 N–H and O–H groups in total. The van der Waals surface area contributed by atoms with Crippen molar-refractivity contribution in [3.63, 3.8) is 0 Å². The van der Waals surface area contributed by atoms with Gasteiger partial charge in [-0.1, -0.05) is 70.4 Å². The molecule has 4 nitrogen and oxygen atoms in total. The third kappa shape index (κ3) is 10.1. The summed E-state index contributed by atoms with van der Waals surface area (Å²) in [6.45, 7) is 9.19. The topological polar surface area (TPSA) is 41.1 Å². The van der Waals surface area contributed by atoms with Gasteiger partial charge in [0.25, 0.3) is 0 Å². The van der Waals surface area contributed by atoms with E-state index in [0.717, 1.165) is 17.4 Å². The van der Waals surface area contributed by atoms with Crippen molar-refractivity contribution < 1.29 is 9.28 Å². The maximum absolute atomic E-state index is 11.5. The van der Waals surface area contributed by atoms with Crippen molar-refractivity contribution in [2.75, 3.05) is 6.54 Å². The minimum absolute atomic E-state index is 0.0475. The number of rotatable bonds is 18. The summed E-state index contributed by atoms with van der Waals surface area (Å²) in [6.07, 6.45) is 28.2. The molecule has 0 aromatic carbocycles. The van der Waals surface area contributed by atoms with Crippen molar-refractivity contribution in [1.82, 2.24) is 10.6 Å². The minimum Gasteiger partial charge on any atom is -0.338 e. The monoisotopic (exact) mass is 420 g/mol. The average molecular weight is 421 g/mol. The molecule has 1 aliphatic heterocycles. The Morgan fingerprint density at radius 2 is 1.53 bits per heavy atom. The molecule has 3 unspecified atom stereocenters. The summed E-state index contributed by atoms with van der Waals surface area (Å²) in [5, 5.41) is 6.62. The molecule has 1 rings (SSSR count). The van der Waals surface area contributed by atoms with Crippen LogP contribution in [-0.4, -0.2) is 29.3 Å². The van der Waals surface area contributed by atoms with Gasteiger partial charge in [-0.15, -0.1) is 0 Å². The summed E-state index contributed by atoms with van der Waals surface area (Å²) in [4.78, 5) is 11.5. The molecule has 1 heterocycles. The molecule has 1 aliphatic rings. The SMILES string of the molecule is CCCCCCCCCC/C=C/CCCCCC1NC=C[N+]1(CC)C(C)NC(C)=O. The summed E-state index contributed by atoms with van der Waals surface area (Å²) in [5.41, 5.74) is 0. The van der Waals surface area contributed by atoms with Gasteiger partial charge in [0.15, 0.2) is 12.3 Å². The molecule has 0 aliphatic carbocycles. The van der Waals surface area contributed by atoms with Crippen molar-refractivity contribution in [2.24, 2.45) is 0 Å². The predicted octanol–water partition coefficient (Wildman–Crippen LogP) is 6.74. The van der Waals surface area contributed by atoms with E-state index in [1.807, 2.05) is 0 Å². The minimum atomic E-state index is 0.0475. The van der Waals surface area contributed by atoms with E-state index in [9.17, 15) is 4.79 Å². The second kappa shape index (κ2) is 16.4. The Morgan fingerprint density at radius 3 is 2.10 bits per heavy atom. The molecule has 0 spiro atoms. The first-order valence-electron chi connectivity index (χ1n) is 12.8. The number of allylic oxidation sites excluding steroid dienone is 2. The zero-order valence-corrected chi connectivity index (χ0v) is 20.4. The Bertz CT molecular complexity index is 503. The number of nitrogens with one attached hydrogen (secondary N) is 2. The van der Waals surface area contributed by atoms with Crippen molar-refractivity contribution in [3.8, 4) is 0 Å². The zero-order valence-electron chi connectivity index (χ0n) is 20.4. The molecule has 0 saturated heterocycles. The zero-order chi connectivity index (χ0) is 22.1. The molecule has 4 heteroatoms. The van der Waals surface area contributed by atoms with E-state index in [-0.39, 0.29) is 12.1 Å². The maximum Gasteiger partial charge on any atom is 0.221 e. The van der Waals surface area contributed by atoms with Crippen molar-refractivity contribution in [3.05, 3.63) is 24.6 Å². The highest BCUT2D eigenvalue weighted by molar-refractivity contribution is 5.72. The van der Waals surface area contributed by atoms with Gasteiger partial charge < -0.3 is 10.6 Å². The third-order valence-electron chi connectivity index (χ3n) is 6.64. The van der Waals surface area contributed by atoms with E-state index in [1.165, 1.54) is 83.5 Å². The summed E-state index contributed by atoms with van der Waals surface area (Å²) in [7, 11) is 0. The predicted molar refractivity (Wildman–Crippen MR) is 130 cm³/mol. The Kier molecular flexibility index (Phi) is 14.6. The van der Waals surface area contributed by atoms with Crippen LogP contribution in [0.4, 0.5) is 0 Å². The first-order chi connectivity index (χ1) is 14.6. The first kappa shape index (κ1) is 26.7. The molecule has 30 heavy (non-hydrogen) atoms. The van der Waals surface area contributed by atoms with Crippen LogP contribution in [0.5, 0.6) is 0 Å². The summed E-state index contributed by atoms with van der Waals surface area (Å²) in [5.74, 6) is 0.0475. The fourth-order valence-corrected chi connectivity index (χ4v) is 4.68. The molecule has 0 saturated carbocycles. The van der Waals surface area contributed by atoms with Gasteiger partial charge in [-0.05, 0) is 39.0 Å². The van der Waals surface area contributed by atoms with Crippen LogP contribution < -0.4 is 10.6 Å². The number of carbonyl (C=O) groups excluding carboxylic acids is 1. The fourth-order valence-electron chi connectivity index (χ4n) is 4.68. The molecule has 0 aromatic heterocycles. The average Bonchev–Trinajstić information content (AvgIpc) is 3.14. The Balaban J connectivity index is 2.08. The smallest absolute Gasteiger partial charge is 0.221 e. The second-order valence-corrected chi connectivity index (χ2v) is 9.06. The lowest BCUT2D eigenvalue weighted by molar-refractivity contribution is -0.923. The summed E-state index contributed by atoms with van der Waals surface area (Å²) >= 11 is 0. The number of hydrogen-bond acceptors (Lipinski definition) is 2. The van der Waals surface area contributed by atoms with E-state index >= 15 is 0 Å². The quantitative estimate of drug-likeness (QED) is 0.146. The van der Waals surface area contributed by atoms with Gasteiger partial charge in [0.1, 0.15) is 6.20 Å².